The zero-order valence-corrected chi connectivity index (χ0v) is 10.1. The molecule has 1 aromatic carbocycles. The average Bonchev–Trinajstić information content (AvgIpc) is 2.88. The van der Waals surface area contributed by atoms with E-state index in [-0.39, 0.29) is 11.4 Å². The Morgan fingerprint density at radius 1 is 1.17 bits per heavy atom. The van der Waals surface area contributed by atoms with Crippen LogP contribution < -0.4 is 11.1 Å². The molecule has 0 bridgehead atoms. The van der Waals surface area contributed by atoms with Gasteiger partial charge in [0.1, 0.15) is 0 Å². The maximum absolute atomic E-state index is 5.59. The summed E-state index contributed by atoms with van der Waals surface area (Å²) in [6.45, 7) is 1.88. The van der Waals surface area contributed by atoms with Crippen LogP contribution >= 0.6 is 0 Å². The molecule has 0 aliphatic carbocycles. The van der Waals surface area contributed by atoms with Crippen LogP contribution in [-0.2, 0) is 5.41 Å². The fourth-order valence-electron chi connectivity index (χ4n) is 2.67. The maximum atomic E-state index is 5.59. The minimum Gasteiger partial charge on any atom is -0.365 e. The summed E-state index contributed by atoms with van der Waals surface area (Å²) in [7, 11) is 0. The van der Waals surface area contributed by atoms with Crippen LogP contribution in [0.4, 0.5) is 5.95 Å². The van der Waals surface area contributed by atoms with Crippen molar-refractivity contribution in [3.05, 3.63) is 41.8 Å². The molecule has 2 aromatic rings. The number of anilines is 1. The van der Waals surface area contributed by atoms with Gasteiger partial charge in [0.25, 0.3) is 5.95 Å². The molecule has 94 valence electrons. The van der Waals surface area contributed by atoms with Gasteiger partial charge in [0.15, 0.2) is 0 Å². The van der Waals surface area contributed by atoms with Crippen LogP contribution in [0.15, 0.2) is 34.9 Å². The van der Waals surface area contributed by atoms with Gasteiger partial charge in [-0.2, -0.15) is 4.98 Å². The van der Waals surface area contributed by atoms with E-state index in [1.807, 2.05) is 18.2 Å². The van der Waals surface area contributed by atoms with Crippen LogP contribution in [0, 0.1) is 0 Å². The summed E-state index contributed by atoms with van der Waals surface area (Å²) >= 11 is 0. The molecular weight excluding hydrogens is 228 g/mol. The minimum absolute atomic E-state index is 0.197. The molecule has 0 saturated carbocycles. The predicted molar refractivity (Wildman–Crippen MR) is 68.0 cm³/mol. The summed E-state index contributed by atoms with van der Waals surface area (Å²) in [5.41, 5.74) is 6.61. The highest BCUT2D eigenvalue weighted by atomic mass is 16.5. The fraction of sp³-hybridized carbons (Fsp3) is 0.385. The number of hydrogen-bond donors (Lipinski definition) is 2. The highest BCUT2D eigenvalue weighted by molar-refractivity contribution is 5.34. The highest BCUT2D eigenvalue weighted by Crippen LogP contribution is 2.39. The molecule has 0 unspecified atom stereocenters. The van der Waals surface area contributed by atoms with E-state index in [9.17, 15) is 0 Å². The zero-order valence-electron chi connectivity index (χ0n) is 10.1. The van der Waals surface area contributed by atoms with Crippen molar-refractivity contribution in [3.63, 3.8) is 0 Å². The molecule has 1 aromatic heterocycles. The van der Waals surface area contributed by atoms with Crippen molar-refractivity contribution < 1.29 is 4.52 Å². The molecule has 3 N–H and O–H groups in total. The van der Waals surface area contributed by atoms with Crippen LogP contribution in [0.2, 0.25) is 0 Å². The minimum atomic E-state index is -0.197. The summed E-state index contributed by atoms with van der Waals surface area (Å²) in [6, 6.07) is 10.3. The first-order valence-corrected chi connectivity index (χ1v) is 6.17. The van der Waals surface area contributed by atoms with Crippen LogP contribution in [0.3, 0.4) is 0 Å². The number of hydrogen-bond acceptors (Lipinski definition) is 5. The van der Waals surface area contributed by atoms with Gasteiger partial charge in [-0.3, -0.25) is 0 Å². The topological polar surface area (TPSA) is 77.0 Å². The quantitative estimate of drug-likeness (QED) is 0.833. The smallest absolute Gasteiger partial charge is 0.260 e. The number of nitrogens with one attached hydrogen (secondary N) is 1. The Kier molecular flexibility index (Phi) is 2.76. The number of benzene rings is 1. The molecule has 1 aliphatic rings. The van der Waals surface area contributed by atoms with Gasteiger partial charge < -0.3 is 15.6 Å². The molecule has 5 nitrogen and oxygen atoms in total. The Morgan fingerprint density at radius 3 is 2.50 bits per heavy atom. The van der Waals surface area contributed by atoms with Gasteiger partial charge in [0.2, 0.25) is 5.89 Å². The number of nitrogens with two attached hydrogens (primary N) is 1. The first kappa shape index (κ1) is 11.2. The van der Waals surface area contributed by atoms with Gasteiger partial charge >= 0.3 is 0 Å². The number of piperidine rings is 1. The largest absolute Gasteiger partial charge is 0.365 e. The second-order valence-corrected chi connectivity index (χ2v) is 4.66. The molecule has 1 saturated heterocycles. The van der Waals surface area contributed by atoms with Gasteiger partial charge in [-0.25, -0.2) is 0 Å². The molecule has 0 radical (unpaired) electrons. The molecule has 3 rings (SSSR count). The first-order chi connectivity index (χ1) is 8.81. The summed E-state index contributed by atoms with van der Waals surface area (Å²) in [5, 5.41) is 7.10. The summed E-state index contributed by atoms with van der Waals surface area (Å²) in [6.07, 6.45) is 1.89. The lowest BCUT2D eigenvalue weighted by atomic mass is 9.73. The van der Waals surface area contributed by atoms with Crippen molar-refractivity contribution in [2.75, 3.05) is 18.8 Å². The molecule has 0 atom stereocenters. The van der Waals surface area contributed by atoms with Crippen LogP contribution in [0.25, 0.3) is 0 Å². The van der Waals surface area contributed by atoms with E-state index in [1.165, 1.54) is 5.56 Å². The molecular formula is C13H16N4O. The van der Waals surface area contributed by atoms with E-state index < -0.39 is 0 Å². The van der Waals surface area contributed by atoms with E-state index in [4.69, 9.17) is 10.3 Å². The fourth-order valence-corrected chi connectivity index (χ4v) is 2.67. The van der Waals surface area contributed by atoms with Crippen molar-refractivity contribution in [2.45, 2.75) is 18.3 Å². The van der Waals surface area contributed by atoms with E-state index in [0.717, 1.165) is 25.9 Å². The lowest BCUT2D eigenvalue weighted by Crippen LogP contribution is -2.41. The van der Waals surface area contributed by atoms with Crippen molar-refractivity contribution >= 4 is 5.95 Å². The van der Waals surface area contributed by atoms with Gasteiger partial charge in [-0.15, -0.1) is 0 Å². The molecule has 1 aliphatic heterocycles. The van der Waals surface area contributed by atoms with Gasteiger partial charge in [0.05, 0.1) is 5.41 Å². The Morgan fingerprint density at radius 2 is 1.89 bits per heavy atom. The maximum Gasteiger partial charge on any atom is 0.260 e. The average molecular weight is 244 g/mol. The lowest BCUT2D eigenvalue weighted by Gasteiger charge is -2.34. The normalized spacial score (nSPS) is 18.7. The van der Waals surface area contributed by atoms with E-state index in [1.54, 1.807) is 0 Å². The van der Waals surface area contributed by atoms with Gasteiger partial charge in [-0.1, -0.05) is 30.3 Å². The van der Waals surface area contributed by atoms with Crippen molar-refractivity contribution in [3.8, 4) is 0 Å². The molecule has 5 heteroatoms. The number of aromatic nitrogens is 2. The van der Waals surface area contributed by atoms with Crippen molar-refractivity contribution in [2.24, 2.45) is 0 Å². The molecule has 18 heavy (non-hydrogen) atoms. The third-order valence-corrected chi connectivity index (χ3v) is 3.63. The Bertz CT molecular complexity index is 517. The van der Waals surface area contributed by atoms with Gasteiger partial charge in [0, 0.05) is 0 Å². The molecule has 1 fully saturated rings. The second kappa shape index (κ2) is 4.42. The molecule has 0 amide bonds. The lowest BCUT2D eigenvalue weighted by molar-refractivity contribution is 0.260. The summed E-state index contributed by atoms with van der Waals surface area (Å²) < 4.78 is 5.35. The summed E-state index contributed by atoms with van der Waals surface area (Å²) in [4.78, 5) is 4.26. The van der Waals surface area contributed by atoms with Crippen LogP contribution in [0.1, 0.15) is 24.3 Å². The monoisotopic (exact) mass is 244 g/mol. The molecule has 2 heterocycles. The number of nitrogen functional groups attached to an aromatic ring is 1. The van der Waals surface area contributed by atoms with Crippen LogP contribution in [-0.4, -0.2) is 23.2 Å². The Hall–Kier alpha value is -1.88. The van der Waals surface area contributed by atoms with E-state index >= 15 is 0 Å². The SMILES string of the molecule is Nc1noc(C2(c3ccccc3)CCNCC2)n1. The first-order valence-electron chi connectivity index (χ1n) is 6.17. The van der Waals surface area contributed by atoms with Crippen molar-refractivity contribution in [1.82, 2.24) is 15.5 Å². The predicted octanol–water partition coefficient (Wildman–Crippen LogP) is 1.32. The number of nitrogens with zero attached hydrogens (tertiary/aromatic N) is 2. The van der Waals surface area contributed by atoms with Gasteiger partial charge in [-0.05, 0) is 36.7 Å². The highest BCUT2D eigenvalue weighted by Gasteiger charge is 2.40. The third-order valence-electron chi connectivity index (χ3n) is 3.63. The second-order valence-electron chi connectivity index (χ2n) is 4.66. The third kappa shape index (κ3) is 1.76. The standard InChI is InChI=1S/C13H16N4O/c14-12-16-11(18-17-12)13(6-8-15-9-7-13)10-4-2-1-3-5-10/h1-5,15H,6-9H2,(H2,14,17). The van der Waals surface area contributed by atoms with E-state index in [2.05, 4.69) is 27.6 Å². The number of rotatable bonds is 2. The zero-order chi connectivity index (χ0) is 12.4. The Labute approximate surface area is 105 Å². The van der Waals surface area contributed by atoms with E-state index in [0.29, 0.717) is 5.89 Å². The Balaban J connectivity index is 2.09. The molecule has 0 spiro atoms. The van der Waals surface area contributed by atoms with Crippen LogP contribution in [0.5, 0.6) is 0 Å². The summed E-state index contributed by atoms with van der Waals surface area (Å²) in [5.74, 6) is 0.839. The van der Waals surface area contributed by atoms with Crippen molar-refractivity contribution in [1.29, 1.82) is 0 Å².